The maximum absolute atomic E-state index is 13.5. The summed E-state index contributed by atoms with van der Waals surface area (Å²) in [5.74, 6) is -1.01. The summed E-state index contributed by atoms with van der Waals surface area (Å²) in [5, 5.41) is 9.18. The number of para-hydroxylation sites is 2. The number of carbonyl (C=O) groups excluding carboxylic acids is 1. The Bertz CT molecular complexity index is 1410. The van der Waals surface area contributed by atoms with Crippen LogP contribution in [0.1, 0.15) is 32.9 Å². The molecule has 0 unspecified atom stereocenters. The number of rotatable bonds is 4. The Balaban J connectivity index is 1.59. The van der Waals surface area contributed by atoms with Crippen LogP contribution >= 0.6 is 0 Å². The van der Waals surface area contributed by atoms with Crippen LogP contribution in [-0.4, -0.2) is 21.6 Å². The molecule has 3 aromatic carbocycles. The second-order valence-corrected chi connectivity index (χ2v) is 8.07. The van der Waals surface area contributed by atoms with E-state index in [-0.39, 0.29) is 11.5 Å². The van der Waals surface area contributed by atoms with Crippen molar-refractivity contribution in [3.05, 3.63) is 113 Å². The third kappa shape index (κ3) is 3.44. The van der Waals surface area contributed by atoms with Crippen LogP contribution in [0.15, 0.2) is 84.9 Å². The number of aryl methyl sites for hydroxylation is 1. The number of hydrogen-bond acceptors (Lipinski definition) is 2. The third-order valence-corrected chi connectivity index (χ3v) is 6.03. The number of benzene rings is 3. The van der Waals surface area contributed by atoms with Crippen LogP contribution < -0.4 is 4.90 Å². The van der Waals surface area contributed by atoms with E-state index in [9.17, 15) is 14.7 Å². The first-order valence-corrected chi connectivity index (χ1v) is 10.7. The van der Waals surface area contributed by atoms with Gasteiger partial charge in [0.25, 0.3) is 5.91 Å². The van der Waals surface area contributed by atoms with E-state index in [0.717, 1.165) is 39.6 Å². The van der Waals surface area contributed by atoms with Crippen LogP contribution in [0.25, 0.3) is 17.3 Å². The van der Waals surface area contributed by atoms with E-state index >= 15 is 0 Å². The number of hydrogen-bond donors (Lipinski definition) is 1. The lowest BCUT2D eigenvalue weighted by Crippen LogP contribution is -2.20. The first-order chi connectivity index (χ1) is 16.0. The molecule has 2 heterocycles. The van der Waals surface area contributed by atoms with E-state index in [4.69, 9.17) is 0 Å². The van der Waals surface area contributed by atoms with Gasteiger partial charge in [0.1, 0.15) is 0 Å². The fraction of sp³-hybridized carbons (Fsp3) is 0.0714. The molecular formula is C28H22N2O3. The minimum atomic E-state index is -0.950. The molecule has 5 heteroatoms. The lowest BCUT2D eigenvalue weighted by Gasteiger charge is -2.16. The lowest BCUT2D eigenvalue weighted by atomic mass is 10.0. The average Bonchev–Trinajstić information content (AvgIpc) is 3.27. The van der Waals surface area contributed by atoms with Crippen molar-refractivity contribution in [2.24, 2.45) is 0 Å². The van der Waals surface area contributed by atoms with Crippen LogP contribution in [0.3, 0.4) is 0 Å². The highest BCUT2D eigenvalue weighted by Gasteiger charge is 2.33. The number of carbonyl (C=O) groups is 2. The molecule has 0 aliphatic carbocycles. The summed E-state index contributed by atoms with van der Waals surface area (Å²) >= 11 is 0. The molecule has 5 nitrogen and oxygen atoms in total. The van der Waals surface area contributed by atoms with Crippen molar-refractivity contribution < 1.29 is 14.7 Å². The lowest BCUT2D eigenvalue weighted by molar-refractivity contribution is -0.112. The van der Waals surface area contributed by atoms with Crippen molar-refractivity contribution in [2.75, 3.05) is 4.90 Å². The van der Waals surface area contributed by atoms with Gasteiger partial charge in [-0.15, -0.1) is 0 Å². The van der Waals surface area contributed by atoms with E-state index in [0.29, 0.717) is 5.57 Å². The predicted molar refractivity (Wildman–Crippen MR) is 130 cm³/mol. The smallest absolute Gasteiger partial charge is 0.335 e. The van der Waals surface area contributed by atoms with Crippen molar-refractivity contribution >= 4 is 34.9 Å². The predicted octanol–water partition coefficient (Wildman–Crippen LogP) is 6.01. The summed E-state index contributed by atoms with van der Waals surface area (Å²) in [6.07, 6.45) is 1.95. The molecule has 1 aromatic heterocycles. The third-order valence-electron chi connectivity index (χ3n) is 6.03. The summed E-state index contributed by atoms with van der Waals surface area (Å²) in [5.41, 5.74) is 7.31. The highest BCUT2D eigenvalue weighted by molar-refractivity contribution is 6.38. The van der Waals surface area contributed by atoms with Crippen molar-refractivity contribution in [1.29, 1.82) is 0 Å². The van der Waals surface area contributed by atoms with Gasteiger partial charge in [-0.2, -0.15) is 0 Å². The molecule has 4 aromatic rings. The van der Waals surface area contributed by atoms with Gasteiger partial charge in [0.05, 0.1) is 16.8 Å². The maximum atomic E-state index is 13.5. The van der Waals surface area contributed by atoms with Gasteiger partial charge in [0.2, 0.25) is 0 Å². The van der Waals surface area contributed by atoms with Gasteiger partial charge in [-0.3, -0.25) is 9.69 Å². The van der Waals surface area contributed by atoms with Crippen molar-refractivity contribution in [3.8, 4) is 5.69 Å². The van der Waals surface area contributed by atoms with E-state index in [1.54, 1.807) is 29.2 Å². The van der Waals surface area contributed by atoms with E-state index in [1.165, 1.54) is 0 Å². The molecule has 0 fully saturated rings. The molecule has 0 saturated heterocycles. The first kappa shape index (κ1) is 20.5. The summed E-state index contributed by atoms with van der Waals surface area (Å²) in [6, 6.07) is 26.3. The zero-order chi connectivity index (χ0) is 23.1. The molecule has 1 N–H and O–H groups in total. The molecular weight excluding hydrogens is 412 g/mol. The Morgan fingerprint density at radius 3 is 2.21 bits per heavy atom. The summed E-state index contributed by atoms with van der Waals surface area (Å²) in [6.45, 7) is 4.01. The van der Waals surface area contributed by atoms with Crippen molar-refractivity contribution in [2.45, 2.75) is 13.8 Å². The number of carboxylic acids is 1. The van der Waals surface area contributed by atoms with Gasteiger partial charge in [0.15, 0.2) is 0 Å². The molecule has 0 atom stereocenters. The topological polar surface area (TPSA) is 62.5 Å². The summed E-state index contributed by atoms with van der Waals surface area (Å²) in [7, 11) is 0. The molecule has 5 rings (SSSR count). The van der Waals surface area contributed by atoms with Crippen LogP contribution in [-0.2, 0) is 4.79 Å². The standard InChI is InChI=1S/C28H22N2O3/c1-18-16-21(19(2)29(18)23-14-12-20(13-15-23)28(32)33)17-25-24-10-6-7-11-26(24)30(27(25)31)22-8-4-3-5-9-22/h3-17H,1-2H3,(H,32,33)/b25-17+. The Hall–Kier alpha value is -4.38. The van der Waals surface area contributed by atoms with Crippen molar-refractivity contribution in [3.63, 3.8) is 0 Å². The number of amides is 1. The van der Waals surface area contributed by atoms with E-state index in [2.05, 4.69) is 10.6 Å². The SMILES string of the molecule is Cc1cc(/C=C2/C(=O)N(c3ccccc3)c3ccccc32)c(C)n1-c1ccc(C(=O)O)cc1. The van der Waals surface area contributed by atoms with Crippen LogP contribution in [0.2, 0.25) is 0 Å². The van der Waals surface area contributed by atoms with Crippen LogP contribution in [0.4, 0.5) is 11.4 Å². The van der Waals surface area contributed by atoms with Gasteiger partial charge in [-0.1, -0.05) is 36.4 Å². The van der Waals surface area contributed by atoms with Crippen LogP contribution in [0.5, 0.6) is 0 Å². The number of carboxylic acid groups (broad SMARTS) is 1. The fourth-order valence-corrected chi connectivity index (χ4v) is 4.45. The van der Waals surface area contributed by atoms with Gasteiger partial charge in [0, 0.05) is 28.3 Å². The summed E-state index contributed by atoms with van der Waals surface area (Å²) in [4.78, 5) is 26.5. The monoisotopic (exact) mass is 434 g/mol. The van der Waals surface area contributed by atoms with Gasteiger partial charge in [-0.05, 0) is 74.0 Å². The second kappa shape index (κ2) is 7.95. The largest absolute Gasteiger partial charge is 0.478 e. The Morgan fingerprint density at radius 2 is 1.52 bits per heavy atom. The normalized spacial score (nSPS) is 14.1. The summed E-state index contributed by atoms with van der Waals surface area (Å²) < 4.78 is 2.07. The van der Waals surface area contributed by atoms with Crippen LogP contribution in [0, 0.1) is 13.8 Å². The zero-order valence-corrected chi connectivity index (χ0v) is 18.3. The Morgan fingerprint density at radius 1 is 0.848 bits per heavy atom. The van der Waals surface area contributed by atoms with E-state index < -0.39 is 5.97 Å². The Labute approximate surface area is 191 Å². The highest BCUT2D eigenvalue weighted by atomic mass is 16.4. The quantitative estimate of drug-likeness (QED) is 0.400. The second-order valence-electron chi connectivity index (χ2n) is 8.07. The number of aromatic carboxylic acids is 1. The first-order valence-electron chi connectivity index (χ1n) is 10.7. The van der Waals surface area contributed by atoms with Gasteiger partial charge >= 0.3 is 5.97 Å². The van der Waals surface area contributed by atoms with Crippen molar-refractivity contribution in [1.82, 2.24) is 4.57 Å². The molecule has 1 amide bonds. The number of fused-ring (bicyclic) bond motifs is 1. The van der Waals surface area contributed by atoms with Gasteiger partial charge < -0.3 is 9.67 Å². The minimum Gasteiger partial charge on any atom is -0.478 e. The molecule has 0 spiro atoms. The highest BCUT2D eigenvalue weighted by Crippen LogP contribution is 2.42. The molecule has 1 aliphatic heterocycles. The maximum Gasteiger partial charge on any atom is 0.335 e. The molecule has 0 saturated carbocycles. The number of anilines is 2. The molecule has 0 radical (unpaired) electrons. The molecule has 0 bridgehead atoms. The minimum absolute atomic E-state index is 0.0574. The molecule has 162 valence electrons. The zero-order valence-electron chi connectivity index (χ0n) is 18.3. The van der Waals surface area contributed by atoms with Gasteiger partial charge in [-0.25, -0.2) is 4.79 Å². The molecule has 1 aliphatic rings. The fourth-order valence-electron chi connectivity index (χ4n) is 4.45. The number of aromatic nitrogens is 1. The average molecular weight is 434 g/mol. The molecule has 33 heavy (non-hydrogen) atoms. The number of nitrogens with zero attached hydrogens (tertiary/aromatic N) is 2. The Kier molecular flexibility index (Phi) is 4.94. The van der Waals surface area contributed by atoms with E-state index in [1.807, 2.05) is 74.5 Å².